The molecule has 0 saturated carbocycles. The first-order valence-corrected chi connectivity index (χ1v) is 15.1. The van der Waals surface area contributed by atoms with Gasteiger partial charge in [0.2, 0.25) is 11.8 Å². The Morgan fingerprint density at radius 3 is 2.39 bits per heavy atom. The number of amides is 3. The molecule has 0 spiro atoms. The third-order valence-electron chi connectivity index (χ3n) is 8.42. The van der Waals surface area contributed by atoms with Crippen LogP contribution in [0, 0.1) is 0 Å². The summed E-state index contributed by atoms with van der Waals surface area (Å²) >= 11 is 0. The Morgan fingerprint density at radius 1 is 0.870 bits per heavy atom. The molecule has 6 rings (SSSR count). The van der Waals surface area contributed by atoms with Crippen molar-refractivity contribution in [3.63, 3.8) is 0 Å². The molecule has 3 atom stereocenters. The second kappa shape index (κ2) is 13.1. The minimum absolute atomic E-state index is 0.130. The van der Waals surface area contributed by atoms with Crippen molar-refractivity contribution in [3.05, 3.63) is 120 Å². The summed E-state index contributed by atoms with van der Waals surface area (Å²) in [5.74, 6) is -2.41. The van der Waals surface area contributed by atoms with E-state index in [1.165, 1.54) is 4.90 Å². The number of nitrogens with one attached hydrogen (secondary N) is 2. The number of nitrogen functional groups attached to an aromatic ring is 1. The van der Waals surface area contributed by atoms with E-state index in [1.54, 1.807) is 60.8 Å². The lowest BCUT2D eigenvalue weighted by molar-refractivity contribution is -0.149. The monoisotopic (exact) mass is 615 g/mol. The molecular weight excluding hydrogens is 582 g/mol. The number of benzene rings is 4. The molecule has 1 aliphatic rings. The minimum atomic E-state index is -1.16. The Hall–Kier alpha value is -5.77. The summed E-state index contributed by atoms with van der Waals surface area (Å²) in [4.78, 5) is 59.0. The SMILES string of the molecule is Nc1nccc2ccc(C(=O)N[C@@H](C(=O)N[C@H](Cc3ccc4ccccc4c3)C(=O)N3CCC[C@H]3C(=O)O)c3ccccc3)cc12. The summed E-state index contributed by atoms with van der Waals surface area (Å²) in [5, 5.41) is 18.9. The van der Waals surface area contributed by atoms with Gasteiger partial charge in [-0.1, -0.05) is 78.9 Å². The molecule has 1 saturated heterocycles. The number of carboxylic acids is 1. The predicted octanol–water partition coefficient (Wildman–Crippen LogP) is 4.24. The van der Waals surface area contributed by atoms with Crippen LogP contribution in [-0.2, 0) is 20.8 Å². The third kappa shape index (κ3) is 6.37. The number of likely N-dealkylation sites (tertiary alicyclic amines) is 1. The zero-order valence-electron chi connectivity index (χ0n) is 24.9. The highest BCUT2D eigenvalue weighted by atomic mass is 16.4. The summed E-state index contributed by atoms with van der Waals surface area (Å²) in [7, 11) is 0. The van der Waals surface area contributed by atoms with Crippen LogP contribution >= 0.6 is 0 Å². The average Bonchev–Trinajstić information content (AvgIpc) is 3.57. The van der Waals surface area contributed by atoms with E-state index in [9.17, 15) is 24.3 Å². The van der Waals surface area contributed by atoms with Gasteiger partial charge in [-0.2, -0.15) is 0 Å². The second-order valence-electron chi connectivity index (χ2n) is 11.4. The fourth-order valence-corrected chi connectivity index (χ4v) is 6.04. The Bertz CT molecular complexity index is 1950. The van der Waals surface area contributed by atoms with Crippen molar-refractivity contribution in [2.45, 2.75) is 37.4 Å². The Balaban J connectivity index is 1.31. The van der Waals surface area contributed by atoms with Crippen molar-refractivity contribution in [2.75, 3.05) is 12.3 Å². The van der Waals surface area contributed by atoms with Gasteiger partial charge in [-0.3, -0.25) is 14.4 Å². The van der Waals surface area contributed by atoms with Crippen LogP contribution in [0.4, 0.5) is 5.82 Å². The van der Waals surface area contributed by atoms with E-state index in [2.05, 4.69) is 15.6 Å². The molecular formula is C36H33N5O5. The van der Waals surface area contributed by atoms with E-state index in [0.717, 1.165) is 21.7 Å². The Morgan fingerprint density at radius 2 is 1.61 bits per heavy atom. The Labute approximate surface area is 265 Å². The molecule has 4 aromatic carbocycles. The van der Waals surface area contributed by atoms with Gasteiger partial charge in [0, 0.05) is 30.1 Å². The van der Waals surface area contributed by atoms with Gasteiger partial charge < -0.3 is 26.4 Å². The number of hydrogen-bond acceptors (Lipinski definition) is 6. The van der Waals surface area contributed by atoms with E-state index in [-0.39, 0.29) is 24.3 Å². The third-order valence-corrected chi connectivity index (χ3v) is 8.42. The lowest BCUT2D eigenvalue weighted by Gasteiger charge is -2.29. The number of rotatable bonds is 9. The smallest absolute Gasteiger partial charge is 0.326 e. The molecule has 3 amide bonds. The summed E-state index contributed by atoms with van der Waals surface area (Å²) in [6, 6.07) is 25.9. The van der Waals surface area contributed by atoms with Gasteiger partial charge in [0.25, 0.3) is 5.91 Å². The first-order valence-electron chi connectivity index (χ1n) is 15.1. The summed E-state index contributed by atoms with van der Waals surface area (Å²) in [6.45, 7) is 0.276. The number of nitrogens with zero attached hydrogens (tertiary/aromatic N) is 2. The van der Waals surface area contributed by atoms with Gasteiger partial charge in [-0.15, -0.1) is 0 Å². The fourth-order valence-electron chi connectivity index (χ4n) is 6.04. The zero-order valence-corrected chi connectivity index (χ0v) is 24.9. The second-order valence-corrected chi connectivity index (χ2v) is 11.4. The summed E-state index contributed by atoms with van der Waals surface area (Å²) in [5.41, 5.74) is 7.64. The van der Waals surface area contributed by atoms with Crippen LogP contribution in [0.2, 0.25) is 0 Å². The first-order chi connectivity index (χ1) is 22.3. The lowest BCUT2D eigenvalue weighted by Crippen LogP contribution is -2.54. The molecule has 1 aromatic heterocycles. The number of aliphatic carboxylic acids is 1. The molecule has 0 unspecified atom stereocenters. The molecule has 0 bridgehead atoms. The number of pyridine rings is 1. The molecule has 5 aromatic rings. The van der Waals surface area contributed by atoms with Crippen LogP contribution in [0.1, 0.15) is 40.4 Å². The van der Waals surface area contributed by atoms with E-state index >= 15 is 0 Å². The highest BCUT2D eigenvalue weighted by Gasteiger charge is 2.38. The molecule has 1 aliphatic heterocycles. The maximum absolute atomic E-state index is 14.1. The fraction of sp³-hybridized carbons (Fsp3) is 0.194. The van der Waals surface area contributed by atoms with Crippen LogP contribution in [0.25, 0.3) is 21.5 Å². The molecule has 10 nitrogen and oxygen atoms in total. The highest BCUT2D eigenvalue weighted by Crippen LogP contribution is 2.24. The first kappa shape index (κ1) is 30.3. The quantitative estimate of drug-likeness (QED) is 0.193. The largest absolute Gasteiger partial charge is 0.480 e. The normalized spacial score (nSPS) is 15.7. The summed E-state index contributed by atoms with van der Waals surface area (Å²) < 4.78 is 0. The maximum atomic E-state index is 14.1. The van der Waals surface area contributed by atoms with Gasteiger partial charge in [0.1, 0.15) is 23.9 Å². The van der Waals surface area contributed by atoms with Gasteiger partial charge in [0.15, 0.2) is 0 Å². The van der Waals surface area contributed by atoms with Crippen LogP contribution in [-0.4, -0.2) is 57.3 Å². The number of carbonyl (C=O) groups excluding carboxylic acids is 3. The molecule has 10 heteroatoms. The lowest BCUT2D eigenvalue weighted by atomic mass is 9.99. The van der Waals surface area contributed by atoms with E-state index in [0.29, 0.717) is 23.8 Å². The topological polar surface area (TPSA) is 155 Å². The number of carbonyl (C=O) groups is 4. The zero-order chi connectivity index (χ0) is 32.2. The van der Waals surface area contributed by atoms with Crippen LogP contribution in [0.3, 0.4) is 0 Å². The number of fused-ring (bicyclic) bond motifs is 2. The van der Waals surface area contributed by atoms with E-state index in [1.807, 2.05) is 42.5 Å². The van der Waals surface area contributed by atoms with Crippen molar-refractivity contribution in [1.29, 1.82) is 0 Å². The van der Waals surface area contributed by atoms with Gasteiger partial charge in [0.05, 0.1) is 0 Å². The Kier molecular flexibility index (Phi) is 8.60. The molecule has 1 fully saturated rings. The van der Waals surface area contributed by atoms with Crippen molar-refractivity contribution in [3.8, 4) is 0 Å². The van der Waals surface area contributed by atoms with Gasteiger partial charge >= 0.3 is 5.97 Å². The van der Waals surface area contributed by atoms with Crippen molar-refractivity contribution in [1.82, 2.24) is 20.5 Å². The maximum Gasteiger partial charge on any atom is 0.326 e. The van der Waals surface area contributed by atoms with E-state index in [4.69, 9.17) is 5.73 Å². The molecule has 5 N–H and O–H groups in total. The number of aromatic nitrogens is 1. The van der Waals surface area contributed by atoms with Crippen LogP contribution < -0.4 is 16.4 Å². The highest BCUT2D eigenvalue weighted by molar-refractivity contribution is 6.03. The number of nitrogens with two attached hydrogens (primary N) is 1. The van der Waals surface area contributed by atoms with Gasteiger partial charge in [-0.05, 0) is 58.3 Å². The molecule has 2 heterocycles. The molecule has 232 valence electrons. The molecule has 46 heavy (non-hydrogen) atoms. The van der Waals surface area contributed by atoms with Crippen molar-refractivity contribution >= 4 is 51.1 Å². The minimum Gasteiger partial charge on any atom is -0.480 e. The van der Waals surface area contributed by atoms with Crippen molar-refractivity contribution in [2.24, 2.45) is 0 Å². The van der Waals surface area contributed by atoms with Gasteiger partial charge in [-0.25, -0.2) is 9.78 Å². The van der Waals surface area contributed by atoms with Crippen LogP contribution in [0.15, 0.2) is 103 Å². The van der Waals surface area contributed by atoms with Crippen LogP contribution in [0.5, 0.6) is 0 Å². The number of carboxylic acid groups (broad SMARTS) is 1. The molecule has 0 radical (unpaired) electrons. The predicted molar refractivity (Wildman–Crippen MR) is 175 cm³/mol. The standard InChI is InChI=1S/C36H33N5O5/c37-32-28-21-27(15-14-24(28)16-17-38-32)33(42)40-31(25-8-2-1-3-9-25)34(43)39-29(35(44)41-18-6-11-30(41)36(45)46)20-22-12-13-23-7-4-5-10-26(23)19-22/h1-5,7-10,12-17,19,21,29-31H,6,11,18,20H2,(H2,37,38)(H,39,43)(H,40,42)(H,45,46)/t29-,30+,31-/m1/s1. The van der Waals surface area contributed by atoms with Crippen molar-refractivity contribution < 1.29 is 24.3 Å². The average molecular weight is 616 g/mol. The number of hydrogen-bond donors (Lipinski definition) is 4. The number of anilines is 1. The summed E-state index contributed by atoms with van der Waals surface area (Å²) in [6.07, 6.45) is 2.61. The van der Waals surface area contributed by atoms with E-state index < -0.39 is 41.8 Å². The molecule has 0 aliphatic carbocycles.